The fraction of sp³-hybridized carbons (Fsp3) is 0.222. The Morgan fingerprint density at radius 3 is 2.68 bits per heavy atom. The van der Waals surface area contributed by atoms with Gasteiger partial charge >= 0.3 is 0 Å². The van der Waals surface area contributed by atoms with E-state index < -0.39 is 0 Å². The summed E-state index contributed by atoms with van der Waals surface area (Å²) in [5.41, 5.74) is 3.54. The standard InChI is InChI=1S/C18H19N3O/c1-4-21-13(3)18(12(2)20-21)19-11-16-15-8-6-5-7-14(15)9-10-17(16)22/h5-11,22H,4H2,1-3H3. The van der Waals surface area contributed by atoms with E-state index in [1.54, 1.807) is 12.3 Å². The van der Waals surface area contributed by atoms with Gasteiger partial charge in [-0.25, -0.2) is 0 Å². The first-order chi connectivity index (χ1) is 10.6. The fourth-order valence-corrected chi connectivity index (χ4v) is 2.73. The van der Waals surface area contributed by atoms with Crippen LogP contribution in [0.25, 0.3) is 10.8 Å². The molecule has 1 N–H and O–H groups in total. The quantitative estimate of drug-likeness (QED) is 0.738. The summed E-state index contributed by atoms with van der Waals surface area (Å²) in [5, 5.41) is 16.7. The Labute approximate surface area is 129 Å². The summed E-state index contributed by atoms with van der Waals surface area (Å²) in [6.07, 6.45) is 1.73. The topological polar surface area (TPSA) is 50.4 Å². The number of rotatable bonds is 3. The summed E-state index contributed by atoms with van der Waals surface area (Å²) in [4.78, 5) is 4.59. The molecule has 0 aliphatic rings. The van der Waals surface area contributed by atoms with Crippen molar-refractivity contribution in [2.24, 2.45) is 4.99 Å². The number of aryl methyl sites for hydroxylation is 2. The van der Waals surface area contributed by atoms with Crippen molar-refractivity contribution in [2.75, 3.05) is 0 Å². The highest BCUT2D eigenvalue weighted by Crippen LogP contribution is 2.28. The first-order valence-electron chi connectivity index (χ1n) is 7.40. The lowest BCUT2D eigenvalue weighted by Gasteiger charge is -2.04. The molecule has 2 aromatic carbocycles. The van der Waals surface area contributed by atoms with Crippen LogP contribution in [0.2, 0.25) is 0 Å². The normalized spacial score (nSPS) is 11.6. The van der Waals surface area contributed by atoms with Gasteiger partial charge in [-0.05, 0) is 37.6 Å². The summed E-state index contributed by atoms with van der Waals surface area (Å²) in [6.45, 7) is 6.85. The third-order valence-corrected chi connectivity index (χ3v) is 3.91. The molecule has 0 aliphatic carbocycles. The highest BCUT2D eigenvalue weighted by molar-refractivity contribution is 6.03. The van der Waals surface area contributed by atoms with E-state index in [4.69, 9.17) is 0 Å². The van der Waals surface area contributed by atoms with Crippen LogP contribution in [0.3, 0.4) is 0 Å². The van der Waals surface area contributed by atoms with E-state index in [0.29, 0.717) is 0 Å². The molecule has 0 fully saturated rings. The molecule has 4 heteroatoms. The smallest absolute Gasteiger partial charge is 0.124 e. The lowest BCUT2D eigenvalue weighted by Crippen LogP contribution is -1.98. The number of hydrogen-bond acceptors (Lipinski definition) is 3. The van der Waals surface area contributed by atoms with Crippen molar-refractivity contribution in [3.05, 3.63) is 53.3 Å². The molecule has 1 heterocycles. The molecule has 0 saturated heterocycles. The van der Waals surface area contributed by atoms with Crippen LogP contribution < -0.4 is 0 Å². The van der Waals surface area contributed by atoms with Crippen LogP contribution in [0.5, 0.6) is 5.75 Å². The average molecular weight is 293 g/mol. The van der Waals surface area contributed by atoms with Gasteiger partial charge < -0.3 is 5.11 Å². The van der Waals surface area contributed by atoms with E-state index in [9.17, 15) is 5.11 Å². The zero-order chi connectivity index (χ0) is 15.7. The molecule has 3 rings (SSSR count). The fourth-order valence-electron chi connectivity index (χ4n) is 2.73. The highest BCUT2D eigenvalue weighted by atomic mass is 16.3. The lowest BCUT2D eigenvalue weighted by atomic mass is 10.0. The Kier molecular flexibility index (Phi) is 3.67. The van der Waals surface area contributed by atoms with Crippen LogP contribution in [-0.4, -0.2) is 21.1 Å². The Bertz CT molecular complexity index is 862. The minimum Gasteiger partial charge on any atom is -0.507 e. The molecule has 0 bridgehead atoms. The van der Waals surface area contributed by atoms with Gasteiger partial charge in [-0.1, -0.05) is 30.3 Å². The van der Waals surface area contributed by atoms with Crippen LogP contribution >= 0.6 is 0 Å². The van der Waals surface area contributed by atoms with Crippen LogP contribution in [0.1, 0.15) is 23.9 Å². The van der Waals surface area contributed by atoms with Crippen LogP contribution in [0, 0.1) is 13.8 Å². The number of phenols is 1. The largest absolute Gasteiger partial charge is 0.507 e. The van der Waals surface area contributed by atoms with Crippen LogP contribution in [0.4, 0.5) is 5.69 Å². The maximum Gasteiger partial charge on any atom is 0.124 e. The highest BCUT2D eigenvalue weighted by Gasteiger charge is 2.10. The minimum absolute atomic E-state index is 0.237. The molecule has 0 saturated carbocycles. The predicted octanol–water partition coefficient (Wildman–Crippen LogP) is 4.13. The van der Waals surface area contributed by atoms with E-state index in [-0.39, 0.29) is 5.75 Å². The summed E-state index contributed by atoms with van der Waals surface area (Å²) in [5.74, 6) is 0.237. The number of aliphatic imine (C=N–C) groups is 1. The van der Waals surface area contributed by atoms with Crippen molar-refractivity contribution in [1.82, 2.24) is 9.78 Å². The Morgan fingerprint density at radius 1 is 1.18 bits per heavy atom. The van der Waals surface area contributed by atoms with Crippen LogP contribution in [-0.2, 0) is 6.54 Å². The molecule has 0 unspecified atom stereocenters. The van der Waals surface area contributed by atoms with E-state index in [1.165, 1.54) is 0 Å². The van der Waals surface area contributed by atoms with Gasteiger partial charge in [0.1, 0.15) is 11.4 Å². The van der Waals surface area contributed by atoms with E-state index in [2.05, 4.69) is 17.0 Å². The summed E-state index contributed by atoms with van der Waals surface area (Å²) < 4.78 is 1.94. The van der Waals surface area contributed by atoms with Crippen molar-refractivity contribution in [3.63, 3.8) is 0 Å². The molecule has 0 radical (unpaired) electrons. The second-order valence-corrected chi connectivity index (χ2v) is 5.31. The van der Waals surface area contributed by atoms with Gasteiger partial charge in [0.15, 0.2) is 0 Å². The molecular formula is C18H19N3O. The first-order valence-corrected chi connectivity index (χ1v) is 7.40. The zero-order valence-electron chi connectivity index (χ0n) is 13.0. The van der Waals surface area contributed by atoms with Crippen molar-refractivity contribution in [1.29, 1.82) is 0 Å². The minimum atomic E-state index is 0.237. The SMILES string of the molecule is CCn1nc(C)c(N=Cc2c(O)ccc3ccccc23)c1C. The maximum atomic E-state index is 10.2. The van der Waals surface area contributed by atoms with E-state index in [0.717, 1.165) is 40.0 Å². The molecule has 1 aromatic heterocycles. The van der Waals surface area contributed by atoms with Crippen LogP contribution in [0.15, 0.2) is 41.4 Å². The summed E-state index contributed by atoms with van der Waals surface area (Å²) >= 11 is 0. The maximum absolute atomic E-state index is 10.2. The molecule has 0 aliphatic heterocycles. The monoisotopic (exact) mass is 293 g/mol. The summed E-state index contributed by atoms with van der Waals surface area (Å²) in [7, 11) is 0. The molecule has 22 heavy (non-hydrogen) atoms. The number of hydrogen-bond donors (Lipinski definition) is 1. The van der Waals surface area contributed by atoms with Crippen molar-refractivity contribution in [2.45, 2.75) is 27.3 Å². The zero-order valence-corrected chi connectivity index (χ0v) is 13.0. The Morgan fingerprint density at radius 2 is 1.95 bits per heavy atom. The second kappa shape index (κ2) is 5.64. The number of benzene rings is 2. The van der Waals surface area contributed by atoms with Gasteiger partial charge in [0.05, 0.1) is 11.4 Å². The molecule has 0 amide bonds. The first kappa shape index (κ1) is 14.3. The van der Waals surface area contributed by atoms with E-state index in [1.807, 2.05) is 48.9 Å². The van der Waals surface area contributed by atoms with Gasteiger partial charge in [-0.15, -0.1) is 0 Å². The molecule has 4 nitrogen and oxygen atoms in total. The predicted molar refractivity (Wildman–Crippen MR) is 90.2 cm³/mol. The van der Waals surface area contributed by atoms with Gasteiger partial charge in [0.25, 0.3) is 0 Å². The molecule has 3 aromatic rings. The summed E-state index contributed by atoms with van der Waals surface area (Å²) in [6, 6.07) is 11.6. The molecule has 0 atom stereocenters. The number of phenolic OH excluding ortho intramolecular Hbond substituents is 1. The van der Waals surface area contributed by atoms with Crippen molar-refractivity contribution < 1.29 is 5.11 Å². The number of fused-ring (bicyclic) bond motifs is 1. The third-order valence-electron chi connectivity index (χ3n) is 3.91. The number of nitrogens with zero attached hydrogens (tertiary/aromatic N) is 3. The average Bonchev–Trinajstić information content (AvgIpc) is 2.81. The van der Waals surface area contributed by atoms with Crippen molar-refractivity contribution >= 4 is 22.7 Å². The molecular weight excluding hydrogens is 274 g/mol. The molecule has 0 spiro atoms. The van der Waals surface area contributed by atoms with E-state index >= 15 is 0 Å². The van der Waals surface area contributed by atoms with Gasteiger partial charge in [-0.2, -0.15) is 5.10 Å². The second-order valence-electron chi connectivity index (χ2n) is 5.31. The van der Waals surface area contributed by atoms with Gasteiger partial charge in [0, 0.05) is 18.3 Å². The number of aromatic nitrogens is 2. The third kappa shape index (κ3) is 2.37. The number of aromatic hydroxyl groups is 1. The van der Waals surface area contributed by atoms with Gasteiger partial charge in [-0.3, -0.25) is 9.67 Å². The van der Waals surface area contributed by atoms with Gasteiger partial charge in [0.2, 0.25) is 0 Å². The lowest BCUT2D eigenvalue weighted by molar-refractivity contribution is 0.475. The molecule has 112 valence electrons. The Balaban J connectivity index is 2.10. The van der Waals surface area contributed by atoms with Crippen molar-refractivity contribution in [3.8, 4) is 5.75 Å². The Hall–Kier alpha value is -2.62.